The fourth-order valence-corrected chi connectivity index (χ4v) is 1.35. The van der Waals surface area contributed by atoms with Gasteiger partial charge in [-0.1, -0.05) is 39.7 Å². The average Bonchev–Trinajstić information content (AvgIpc) is 2.17. The van der Waals surface area contributed by atoms with E-state index in [0.29, 0.717) is 5.92 Å². The van der Waals surface area contributed by atoms with Crippen molar-refractivity contribution in [1.29, 1.82) is 0 Å². The number of rotatable bonds is 6. The van der Waals surface area contributed by atoms with Gasteiger partial charge >= 0.3 is 5.97 Å². The molecule has 0 saturated carbocycles. The Morgan fingerprint density at radius 2 is 1.93 bits per heavy atom. The Kier molecular flexibility index (Phi) is 7.10. The minimum absolute atomic E-state index is 0.0304. The molecule has 0 bridgehead atoms. The first kappa shape index (κ1) is 14.2. The molecule has 0 saturated heterocycles. The summed E-state index contributed by atoms with van der Waals surface area (Å²) in [7, 11) is 0. The molecule has 88 valence electrons. The van der Waals surface area contributed by atoms with Crippen molar-refractivity contribution in [3.05, 3.63) is 11.6 Å². The second kappa shape index (κ2) is 7.49. The van der Waals surface area contributed by atoms with Crippen LogP contribution >= 0.6 is 0 Å². The summed E-state index contributed by atoms with van der Waals surface area (Å²) in [6.45, 7) is 10.1. The first-order valence-corrected chi connectivity index (χ1v) is 5.90. The van der Waals surface area contributed by atoms with Gasteiger partial charge in [-0.05, 0) is 26.2 Å². The Balaban J connectivity index is 4.14. The van der Waals surface area contributed by atoms with Gasteiger partial charge in [0, 0.05) is 5.57 Å². The Morgan fingerprint density at radius 1 is 1.33 bits per heavy atom. The number of hydrogen-bond donors (Lipinski definition) is 0. The van der Waals surface area contributed by atoms with E-state index in [0.717, 1.165) is 24.8 Å². The lowest BCUT2D eigenvalue weighted by molar-refractivity contribution is -0.143. The van der Waals surface area contributed by atoms with Crippen LogP contribution in [0.3, 0.4) is 0 Å². The zero-order valence-corrected chi connectivity index (χ0v) is 10.7. The molecule has 0 aliphatic rings. The van der Waals surface area contributed by atoms with Crippen LogP contribution in [0.4, 0.5) is 0 Å². The normalized spacial score (nSPS) is 15.9. The molecule has 0 radical (unpaired) electrons. The first-order chi connectivity index (χ1) is 7.01. The van der Waals surface area contributed by atoms with Gasteiger partial charge in [0.05, 0.1) is 6.10 Å². The van der Waals surface area contributed by atoms with Crippen LogP contribution in [0.5, 0.6) is 0 Å². The largest absolute Gasteiger partial charge is 0.459 e. The maximum atomic E-state index is 11.6. The summed E-state index contributed by atoms with van der Waals surface area (Å²) < 4.78 is 5.29. The number of hydrogen-bond acceptors (Lipinski definition) is 2. The maximum absolute atomic E-state index is 11.6. The highest BCUT2D eigenvalue weighted by Crippen LogP contribution is 2.10. The van der Waals surface area contributed by atoms with Gasteiger partial charge < -0.3 is 4.74 Å². The first-order valence-electron chi connectivity index (χ1n) is 5.90. The number of esters is 1. The van der Waals surface area contributed by atoms with Gasteiger partial charge in [0.2, 0.25) is 0 Å². The molecule has 2 nitrogen and oxygen atoms in total. The fourth-order valence-electron chi connectivity index (χ4n) is 1.35. The number of carbonyl (C=O) groups is 1. The zero-order chi connectivity index (χ0) is 11.8. The van der Waals surface area contributed by atoms with Crippen molar-refractivity contribution in [3.63, 3.8) is 0 Å². The molecule has 0 N–H and O–H groups in total. The van der Waals surface area contributed by atoms with Gasteiger partial charge in [0.25, 0.3) is 0 Å². The van der Waals surface area contributed by atoms with Crippen molar-refractivity contribution in [2.24, 2.45) is 5.92 Å². The van der Waals surface area contributed by atoms with E-state index in [9.17, 15) is 4.79 Å². The van der Waals surface area contributed by atoms with E-state index in [2.05, 4.69) is 20.8 Å². The Hall–Kier alpha value is -0.790. The van der Waals surface area contributed by atoms with Crippen molar-refractivity contribution >= 4 is 5.97 Å². The summed E-state index contributed by atoms with van der Waals surface area (Å²) >= 11 is 0. The van der Waals surface area contributed by atoms with E-state index in [1.54, 1.807) is 0 Å². The van der Waals surface area contributed by atoms with Crippen LogP contribution in [0.1, 0.15) is 53.9 Å². The van der Waals surface area contributed by atoms with Crippen molar-refractivity contribution in [2.45, 2.75) is 60.0 Å². The van der Waals surface area contributed by atoms with Crippen LogP contribution in [-0.4, -0.2) is 12.1 Å². The molecule has 2 atom stereocenters. The minimum Gasteiger partial charge on any atom is -0.459 e. The minimum atomic E-state index is -0.170. The standard InChI is InChI=1S/C13H24O2/c1-6-8-12(5)15-13(14)11(4)9-10(3)7-2/h9-10,12H,6-8H2,1-5H3/b11-9+. The third-order valence-electron chi connectivity index (χ3n) is 2.50. The van der Waals surface area contributed by atoms with Crippen LogP contribution in [0.25, 0.3) is 0 Å². The molecule has 0 aliphatic carbocycles. The van der Waals surface area contributed by atoms with Gasteiger partial charge in [-0.3, -0.25) is 0 Å². The second-order valence-corrected chi connectivity index (χ2v) is 4.24. The molecule has 15 heavy (non-hydrogen) atoms. The van der Waals surface area contributed by atoms with Gasteiger partial charge in [-0.25, -0.2) is 4.79 Å². The molecule has 0 aromatic heterocycles. The van der Waals surface area contributed by atoms with Gasteiger partial charge in [0.1, 0.15) is 0 Å². The number of ether oxygens (including phenoxy) is 1. The van der Waals surface area contributed by atoms with Gasteiger partial charge in [-0.2, -0.15) is 0 Å². The third kappa shape index (κ3) is 6.32. The van der Waals surface area contributed by atoms with Gasteiger partial charge in [-0.15, -0.1) is 0 Å². The maximum Gasteiger partial charge on any atom is 0.333 e. The highest BCUT2D eigenvalue weighted by molar-refractivity contribution is 5.87. The predicted molar refractivity (Wildman–Crippen MR) is 63.7 cm³/mol. The molecule has 0 heterocycles. The summed E-state index contributed by atoms with van der Waals surface area (Å²) in [5.41, 5.74) is 0.729. The van der Waals surface area contributed by atoms with E-state index in [-0.39, 0.29) is 12.1 Å². The monoisotopic (exact) mass is 212 g/mol. The molecule has 0 spiro atoms. The number of carbonyl (C=O) groups excluding carboxylic acids is 1. The van der Waals surface area contributed by atoms with Crippen molar-refractivity contribution in [1.82, 2.24) is 0 Å². The van der Waals surface area contributed by atoms with Crippen LogP contribution < -0.4 is 0 Å². The topological polar surface area (TPSA) is 26.3 Å². The molecule has 2 unspecified atom stereocenters. The van der Waals surface area contributed by atoms with Crippen LogP contribution in [0.15, 0.2) is 11.6 Å². The van der Waals surface area contributed by atoms with E-state index >= 15 is 0 Å². The lowest BCUT2D eigenvalue weighted by Crippen LogP contribution is -2.15. The summed E-state index contributed by atoms with van der Waals surface area (Å²) in [4.78, 5) is 11.6. The molecule has 0 fully saturated rings. The number of allylic oxidation sites excluding steroid dienone is 1. The molecule has 0 aromatic rings. The van der Waals surface area contributed by atoms with E-state index in [4.69, 9.17) is 4.74 Å². The molecule has 0 rings (SSSR count). The lowest BCUT2D eigenvalue weighted by atomic mass is 10.1. The van der Waals surface area contributed by atoms with E-state index in [1.165, 1.54) is 0 Å². The van der Waals surface area contributed by atoms with Crippen LogP contribution in [0, 0.1) is 5.92 Å². The van der Waals surface area contributed by atoms with Crippen molar-refractivity contribution < 1.29 is 9.53 Å². The lowest BCUT2D eigenvalue weighted by Gasteiger charge is -2.13. The summed E-state index contributed by atoms with van der Waals surface area (Å²) in [6.07, 6.45) is 5.05. The molecule has 0 amide bonds. The Morgan fingerprint density at radius 3 is 2.40 bits per heavy atom. The fraction of sp³-hybridized carbons (Fsp3) is 0.769. The molecule has 2 heteroatoms. The van der Waals surface area contributed by atoms with E-state index < -0.39 is 0 Å². The van der Waals surface area contributed by atoms with Crippen LogP contribution in [-0.2, 0) is 9.53 Å². The zero-order valence-electron chi connectivity index (χ0n) is 10.7. The molecule has 0 aliphatic heterocycles. The SMILES string of the molecule is CCCC(C)OC(=O)/C(C)=C/C(C)CC. The van der Waals surface area contributed by atoms with Gasteiger partial charge in [0.15, 0.2) is 0 Å². The molecular weight excluding hydrogens is 188 g/mol. The molecular formula is C13H24O2. The Bertz CT molecular complexity index is 219. The Labute approximate surface area is 93.7 Å². The average molecular weight is 212 g/mol. The third-order valence-corrected chi connectivity index (χ3v) is 2.50. The second-order valence-electron chi connectivity index (χ2n) is 4.24. The highest BCUT2D eigenvalue weighted by Gasteiger charge is 2.11. The van der Waals surface area contributed by atoms with Crippen molar-refractivity contribution in [2.75, 3.05) is 0 Å². The summed E-state index contributed by atoms with van der Waals surface area (Å²) in [5, 5.41) is 0. The van der Waals surface area contributed by atoms with E-state index in [1.807, 2.05) is 19.9 Å². The van der Waals surface area contributed by atoms with Crippen LogP contribution in [0.2, 0.25) is 0 Å². The molecule has 0 aromatic carbocycles. The summed E-state index contributed by atoms with van der Waals surface area (Å²) in [6, 6.07) is 0. The smallest absolute Gasteiger partial charge is 0.333 e. The quantitative estimate of drug-likeness (QED) is 0.495. The predicted octanol–water partition coefficient (Wildman–Crippen LogP) is 3.71. The van der Waals surface area contributed by atoms with Crippen molar-refractivity contribution in [3.8, 4) is 0 Å². The highest BCUT2D eigenvalue weighted by atomic mass is 16.5. The summed E-state index contributed by atoms with van der Waals surface area (Å²) in [5.74, 6) is 0.273.